The first-order valence-corrected chi connectivity index (χ1v) is 22.4. The molecule has 0 bridgehead atoms. The molecule has 2 amide bonds. The average molecular weight is 877 g/mol. The predicted molar refractivity (Wildman–Crippen MR) is 236 cm³/mol. The number of carbonyl (C=O) groups excluding carboxylic acids is 5. The zero-order valence-corrected chi connectivity index (χ0v) is 37.6. The Morgan fingerprint density at radius 1 is 0.492 bits per heavy atom. The number of hydrogen-bond donors (Lipinski definition) is 6. The minimum Gasteiger partial charge on any atom is -0.481 e. The minimum atomic E-state index is -1.25. The summed E-state index contributed by atoms with van der Waals surface area (Å²) >= 11 is 0. The molecule has 358 valence electrons. The fraction of sp³-hybridized carbons (Fsp3) is 0.800. The average Bonchev–Trinajstić information content (AvgIpc) is 3.19. The van der Waals surface area contributed by atoms with E-state index in [9.17, 15) is 53.4 Å². The molecule has 8 N–H and O–H groups in total. The summed E-state index contributed by atoms with van der Waals surface area (Å²) in [7, 11) is 0. The first-order chi connectivity index (χ1) is 28.4. The summed E-state index contributed by atoms with van der Waals surface area (Å²) in [5.41, 5.74) is 0. The van der Waals surface area contributed by atoms with E-state index in [-0.39, 0.29) is 88.9 Å². The Balaban J connectivity index is -0.000000431. The van der Waals surface area contributed by atoms with Crippen molar-refractivity contribution in [2.24, 2.45) is 17.8 Å². The van der Waals surface area contributed by atoms with Crippen molar-refractivity contribution < 1.29 is 71.9 Å². The highest BCUT2D eigenvalue weighted by molar-refractivity contribution is 5.86. The molecule has 16 heteroatoms. The number of amides is 2. The summed E-state index contributed by atoms with van der Waals surface area (Å²) in [4.78, 5) is 102. The molecule has 0 spiro atoms. The monoisotopic (exact) mass is 877 g/mol. The molecule has 0 aliphatic heterocycles. The molecule has 0 fully saturated rings. The van der Waals surface area contributed by atoms with Crippen molar-refractivity contribution in [3.63, 3.8) is 0 Å². The molecule has 0 saturated carbocycles. The zero-order valence-electron chi connectivity index (χ0n) is 37.6. The Kier molecular flexibility index (Phi) is 40.0. The predicted octanol–water partition coefficient (Wildman–Crippen LogP) is 7.75. The first-order valence-electron chi connectivity index (χ1n) is 22.4. The van der Waals surface area contributed by atoms with Crippen LogP contribution in [0.15, 0.2) is 0 Å². The van der Waals surface area contributed by atoms with E-state index in [0.29, 0.717) is 19.4 Å². The topological polar surface area (TPSA) is 290 Å². The third kappa shape index (κ3) is 39.7. The molecule has 0 radical (unpaired) electrons. The second kappa shape index (κ2) is 39.9. The van der Waals surface area contributed by atoms with Crippen LogP contribution in [0, 0.1) is 17.8 Å². The van der Waals surface area contributed by atoms with Crippen molar-refractivity contribution >= 4 is 53.0 Å². The quantitative estimate of drug-likeness (QED) is 0.0322. The van der Waals surface area contributed by atoms with Gasteiger partial charge in [-0.2, -0.15) is 0 Å². The fourth-order valence-electron chi connectivity index (χ4n) is 6.29. The van der Waals surface area contributed by atoms with E-state index < -0.39 is 47.7 Å². The van der Waals surface area contributed by atoms with Gasteiger partial charge in [-0.05, 0) is 51.9 Å². The van der Waals surface area contributed by atoms with Crippen LogP contribution in [-0.4, -0.2) is 91.5 Å². The second-order valence-corrected chi connectivity index (χ2v) is 16.2. The van der Waals surface area contributed by atoms with Crippen molar-refractivity contribution in [2.45, 2.75) is 207 Å². The molecular formula is C45H84N2O14. The maximum Gasteiger partial charge on any atom is 0.326 e. The number of Topliss-reactive ketones (excluding diaryl/α,β-unsaturated/α-hetero) is 3. The highest BCUT2D eigenvalue weighted by Crippen LogP contribution is 2.17. The molecule has 0 aliphatic carbocycles. The van der Waals surface area contributed by atoms with E-state index in [4.69, 9.17) is 10.2 Å². The number of ketones is 3. The molecule has 0 unspecified atom stereocenters. The van der Waals surface area contributed by atoms with Crippen molar-refractivity contribution in [1.82, 2.24) is 10.6 Å². The Morgan fingerprint density at radius 2 is 0.984 bits per heavy atom. The van der Waals surface area contributed by atoms with Gasteiger partial charge in [-0.15, -0.1) is 0 Å². The van der Waals surface area contributed by atoms with Crippen molar-refractivity contribution in [3.05, 3.63) is 0 Å². The van der Waals surface area contributed by atoms with Gasteiger partial charge in [0, 0.05) is 60.3 Å². The summed E-state index contributed by atoms with van der Waals surface area (Å²) in [5.74, 6) is -6.11. The molecular weight excluding hydrogens is 792 g/mol. The first kappa shape index (κ1) is 61.1. The molecule has 0 rings (SSSR count). The maximum absolute atomic E-state index is 12.3. The van der Waals surface area contributed by atoms with Crippen LogP contribution in [0.3, 0.4) is 0 Å². The van der Waals surface area contributed by atoms with Gasteiger partial charge in [-0.1, -0.05) is 104 Å². The van der Waals surface area contributed by atoms with Crippen LogP contribution >= 0.6 is 0 Å². The van der Waals surface area contributed by atoms with Crippen LogP contribution in [0.5, 0.6) is 0 Å². The Hall–Kier alpha value is -4.21. The highest BCUT2D eigenvalue weighted by atomic mass is 16.4. The van der Waals surface area contributed by atoms with Gasteiger partial charge < -0.3 is 36.5 Å². The lowest BCUT2D eigenvalue weighted by Gasteiger charge is -2.15. The Morgan fingerprint density at radius 3 is 1.43 bits per heavy atom. The van der Waals surface area contributed by atoms with Gasteiger partial charge in [0.05, 0.1) is 11.8 Å². The second-order valence-electron chi connectivity index (χ2n) is 16.2. The lowest BCUT2D eigenvalue weighted by Crippen LogP contribution is -2.41. The van der Waals surface area contributed by atoms with E-state index >= 15 is 0 Å². The maximum atomic E-state index is 12.3. The molecule has 0 aromatic heterocycles. The highest BCUT2D eigenvalue weighted by Gasteiger charge is 2.25. The Labute approximate surface area is 366 Å². The van der Waals surface area contributed by atoms with Gasteiger partial charge in [0.2, 0.25) is 11.8 Å². The van der Waals surface area contributed by atoms with E-state index in [1.165, 1.54) is 44.9 Å². The standard InChI is InChI=1S/C31H53NO9.C14H25NO4.H2O.2H2/c1-2-25(33)20-21-27(31(40)41)32-28(35)22-19-24(30(38)39)23-26(34)17-15-13-11-9-7-5-3-4-6-8-10-12-14-16-18-29(36)37;1-10(12(3)16)6-4-5-9-15-13(17)8-7-11(2)14(18)19;;;/h24,27H,2-23H2,1H3,(H,32,35)(H,36,37)(H,38,39)(H,40,41);10-11H,4-9H2,1-3H3,(H,15,17)(H,18,19);1H2;2*1H/t24-,27+;10-,11-;;;/m10.../s1. The molecule has 0 aromatic rings. The van der Waals surface area contributed by atoms with Crippen LogP contribution in [0.25, 0.3) is 0 Å². The van der Waals surface area contributed by atoms with Gasteiger partial charge in [0.25, 0.3) is 0 Å². The third-order valence-corrected chi connectivity index (χ3v) is 10.7. The molecule has 16 nitrogen and oxygen atoms in total. The van der Waals surface area contributed by atoms with E-state index in [2.05, 4.69) is 10.6 Å². The summed E-state index contributed by atoms with van der Waals surface area (Å²) < 4.78 is 0. The number of unbranched alkanes of at least 4 members (excludes halogenated alkanes) is 14. The van der Waals surface area contributed by atoms with Crippen molar-refractivity contribution in [1.29, 1.82) is 0 Å². The molecule has 61 heavy (non-hydrogen) atoms. The van der Waals surface area contributed by atoms with E-state index in [1.54, 1.807) is 20.8 Å². The SMILES string of the molecule is CC(=O)[C@@H](C)CCCCNC(=O)CC[C@H](C)C(=O)O.CCC(=O)CC[C@H](NC(=O)CC[C@H](CC(=O)CCCCCCCCCCCCCCCCC(=O)O)C(=O)O)C(=O)O.O.[HH].[HH]. The van der Waals surface area contributed by atoms with Crippen LogP contribution in [0.1, 0.15) is 204 Å². The lowest BCUT2D eigenvalue weighted by atomic mass is 9.94. The van der Waals surface area contributed by atoms with E-state index in [0.717, 1.165) is 64.2 Å². The minimum absolute atomic E-state index is 0. The fourth-order valence-corrected chi connectivity index (χ4v) is 6.29. The number of carboxylic acid groups (broad SMARTS) is 4. The molecule has 0 heterocycles. The molecule has 0 aromatic carbocycles. The lowest BCUT2D eigenvalue weighted by molar-refractivity contribution is -0.145. The normalized spacial score (nSPS) is 12.6. The number of carbonyl (C=O) groups is 9. The third-order valence-electron chi connectivity index (χ3n) is 10.7. The van der Waals surface area contributed by atoms with Crippen LogP contribution in [0.2, 0.25) is 0 Å². The molecule has 4 atom stereocenters. The number of nitrogens with one attached hydrogen (secondary N) is 2. The molecule has 0 saturated heterocycles. The van der Waals surface area contributed by atoms with Crippen molar-refractivity contribution in [3.8, 4) is 0 Å². The zero-order chi connectivity index (χ0) is 45.7. The molecule has 0 aliphatic rings. The Bertz CT molecular complexity index is 1300. The van der Waals surface area contributed by atoms with Gasteiger partial charge in [0.15, 0.2) is 0 Å². The van der Waals surface area contributed by atoms with Gasteiger partial charge >= 0.3 is 23.9 Å². The van der Waals surface area contributed by atoms with Crippen LogP contribution in [-0.2, 0) is 43.2 Å². The summed E-state index contributed by atoms with van der Waals surface area (Å²) in [6.07, 6.45) is 18.9. The summed E-state index contributed by atoms with van der Waals surface area (Å²) in [5, 5.41) is 41.1. The van der Waals surface area contributed by atoms with Gasteiger partial charge in [0.1, 0.15) is 23.4 Å². The van der Waals surface area contributed by atoms with E-state index in [1.807, 2.05) is 6.92 Å². The summed E-state index contributed by atoms with van der Waals surface area (Å²) in [6.45, 7) is 7.36. The number of hydrogen-bond acceptors (Lipinski definition) is 9. The van der Waals surface area contributed by atoms with Crippen LogP contribution < -0.4 is 10.6 Å². The number of aliphatic carboxylic acids is 4. The van der Waals surface area contributed by atoms with Crippen LogP contribution in [0.4, 0.5) is 0 Å². The van der Waals surface area contributed by atoms with Gasteiger partial charge in [-0.25, -0.2) is 4.79 Å². The smallest absolute Gasteiger partial charge is 0.326 e. The van der Waals surface area contributed by atoms with Gasteiger partial charge in [-0.3, -0.25) is 38.4 Å². The summed E-state index contributed by atoms with van der Waals surface area (Å²) in [6, 6.07) is -1.21. The number of carboxylic acids is 4. The number of rotatable bonds is 39. The largest absolute Gasteiger partial charge is 0.481 e. The van der Waals surface area contributed by atoms with Crippen molar-refractivity contribution in [2.75, 3.05) is 6.54 Å².